The molecule has 0 atom stereocenters. The molecule has 0 radical (unpaired) electrons. The van der Waals surface area contributed by atoms with E-state index in [2.05, 4.69) is 0 Å². The Morgan fingerprint density at radius 1 is 0.718 bits per heavy atom. The summed E-state index contributed by atoms with van der Waals surface area (Å²) in [6, 6.07) is 24.0. The van der Waals surface area contributed by atoms with Crippen LogP contribution < -0.4 is 0 Å². The van der Waals surface area contributed by atoms with Gasteiger partial charge in [0.15, 0.2) is 11.6 Å². The molecule has 1 aliphatic rings. The molecule has 1 aromatic heterocycles. The van der Waals surface area contributed by atoms with Crippen LogP contribution in [-0.2, 0) is 0 Å². The van der Waals surface area contributed by atoms with Crippen LogP contribution in [0.15, 0.2) is 84.9 Å². The highest BCUT2D eigenvalue weighted by molar-refractivity contribution is 6.54. The quantitative estimate of drug-likeness (QED) is 0.240. The smallest absolute Gasteiger partial charge is 0.180 e. The second-order valence-electron chi connectivity index (χ2n) is 9.07. The monoisotopic (exact) mass is 514 g/mol. The number of hydrogen-bond donors (Lipinski definition) is 2. The molecule has 5 aromatic rings. The number of allylic oxidation sites excluding steroid dienone is 1. The number of fused-ring (bicyclic) bond motifs is 3. The van der Waals surface area contributed by atoms with Crippen molar-refractivity contribution in [2.24, 2.45) is 0 Å². The van der Waals surface area contributed by atoms with Gasteiger partial charge in [-0.2, -0.15) is 5.26 Å². The maximum atomic E-state index is 14.5. The molecule has 7 heteroatoms. The summed E-state index contributed by atoms with van der Waals surface area (Å²) in [4.78, 5) is 4.94. The van der Waals surface area contributed by atoms with Crippen molar-refractivity contribution in [3.63, 3.8) is 0 Å². The van der Waals surface area contributed by atoms with Crippen molar-refractivity contribution in [1.29, 1.82) is 16.1 Å². The van der Waals surface area contributed by atoms with E-state index in [4.69, 9.17) is 21.1 Å². The van der Waals surface area contributed by atoms with E-state index in [1.807, 2.05) is 54.6 Å². The van der Waals surface area contributed by atoms with E-state index in [0.29, 0.717) is 16.8 Å². The minimum absolute atomic E-state index is 0.122. The molecule has 1 heterocycles. The van der Waals surface area contributed by atoms with Crippen molar-refractivity contribution in [2.75, 3.05) is 0 Å². The SMILES string of the molecule is N#Cc1c(F)cc(-c2ccc(-c3ccc4c5c(c(-c6ccccc6)nc4c3)C=CC(=N)C5=N)cc2)c(F)c1F. The van der Waals surface area contributed by atoms with Crippen LogP contribution in [0.3, 0.4) is 0 Å². The zero-order valence-electron chi connectivity index (χ0n) is 20.2. The average molecular weight is 515 g/mol. The van der Waals surface area contributed by atoms with Crippen molar-refractivity contribution in [1.82, 2.24) is 4.98 Å². The molecule has 4 nitrogen and oxygen atoms in total. The molecule has 186 valence electrons. The lowest BCUT2D eigenvalue weighted by atomic mass is 9.87. The Labute approximate surface area is 221 Å². The highest BCUT2D eigenvalue weighted by atomic mass is 19.2. The fourth-order valence-corrected chi connectivity index (χ4v) is 4.84. The van der Waals surface area contributed by atoms with Gasteiger partial charge >= 0.3 is 0 Å². The van der Waals surface area contributed by atoms with Gasteiger partial charge in [0.05, 0.1) is 22.6 Å². The van der Waals surface area contributed by atoms with Crippen molar-refractivity contribution >= 4 is 28.4 Å². The van der Waals surface area contributed by atoms with Gasteiger partial charge in [0.1, 0.15) is 17.4 Å². The van der Waals surface area contributed by atoms with Crippen molar-refractivity contribution in [2.45, 2.75) is 0 Å². The Hall–Kier alpha value is -5.35. The number of nitrogens with one attached hydrogen (secondary N) is 2. The predicted molar refractivity (Wildman–Crippen MR) is 146 cm³/mol. The Morgan fingerprint density at radius 2 is 1.41 bits per heavy atom. The van der Waals surface area contributed by atoms with Crippen LogP contribution in [0.4, 0.5) is 13.2 Å². The van der Waals surface area contributed by atoms with Gasteiger partial charge in [-0.1, -0.05) is 66.7 Å². The summed E-state index contributed by atoms with van der Waals surface area (Å²) in [6.45, 7) is 0. The summed E-state index contributed by atoms with van der Waals surface area (Å²) in [5.74, 6) is -3.92. The van der Waals surface area contributed by atoms with E-state index in [1.54, 1.807) is 30.3 Å². The number of nitrogens with zero attached hydrogens (tertiary/aromatic N) is 2. The molecule has 1 aliphatic carbocycles. The Bertz CT molecular complexity index is 1920. The van der Waals surface area contributed by atoms with Gasteiger partial charge in [-0.25, -0.2) is 18.2 Å². The third-order valence-corrected chi connectivity index (χ3v) is 6.81. The van der Waals surface area contributed by atoms with Gasteiger partial charge in [-0.05, 0) is 41.0 Å². The summed E-state index contributed by atoms with van der Waals surface area (Å²) >= 11 is 0. The van der Waals surface area contributed by atoms with E-state index in [9.17, 15) is 13.2 Å². The summed E-state index contributed by atoms with van der Waals surface area (Å²) < 4.78 is 42.8. The van der Waals surface area contributed by atoms with Gasteiger partial charge in [-0.15, -0.1) is 0 Å². The Morgan fingerprint density at radius 3 is 2.13 bits per heavy atom. The first-order valence-corrected chi connectivity index (χ1v) is 11.9. The first-order chi connectivity index (χ1) is 18.9. The standard InChI is InChI=1S/C32H17F3N4/c33-25-15-23(29(34)30(35)24(25)16-36)18-8-6-17(7-9-18)20-10-11-21-27(14-20)39-32(19-4-2-1-3-5-19)22-12-13-26(37)31(38)28(21)22/h1-15,37-38H. The van der Waals surface area contributed by atoms with E-state index in [0.717, 1.165) is 33.7 Å². The number of nitriles is 1. The Kier molecular flexibility index (Phi) is 5.66. The molecule has 39 heavy (non-hydrogen) atoms. The van der Waals surface area contributed by atoms with Crippen LogP contribution in [0.25, 0.3) is 50.5 Å². The fraction of sp³-hybridized carbons (Fsp3) is 0. The van der Waals surface area contributed by atoms with Gasteiger partial charge in [0, 0.05) is 27.6 Å². The normalized spacial score (nSPS) is 12.5. The molecule has 0 spiro atoms. The van der Waals surface area contributed by atoms with Crippen LogP contribution in [0, 0.1) is 39.6 Å². The molecule has 0 saturated heterocycles. The van der Waals surface area contributed by atoms with Crippen LogP contribution in [0.1, 0.15) is 16.7 Å². The molecule has 0 unspecified atom stereocenters. The molecule has 0 amide bonds. The summed E-state index contributed by atoms with van der Waals surface area (Å²) in [5, 5.41) is 26.4. The summed E-state index contributed by atoms with van der Waals surface area (Å²) in [7, 11) is 0. The number of benzene rings is 4. The molecule has 0 fully saturated rings. The maximum absolute atomic E-state index is 14.5. The van der Waals surface area contributed by atoms with Gasteiger partial charge in [-0.3, -0.25) is 10.8 Å². The largest absolute Gasteiger partial charge is 0.299 e. The number of pyridine rings is 1. The molecule has 0 bridgehead atoms. The van der Waals surface area contributed by atoms with Crippen molar-refractivity contribution in [3.8, 4) is 39.6 Å². The second kappa shape index (κ2) is 9.19. The molecule has 0 aliphatic heterocycles. The van der Waals surface area contributed by atoms with Crippen LogP contribution in [0.2, 0.25) is 0 Å². The van der Waals surface area contributed by atoms with E-state index < -0.39 is 23.0 Å². The van der Waals surface area contributed by atoms with E-state index in [-0.39, 0.29) is 22.6 Å². The topological polar surface area (TPSA) is 84.4 Å². The Balaban J connectivity index is 1.47. The van der Waals surface area contributed by atoms with Crippen LogP contribution >= 0.6 is 0 Å². The van der Waals surface area contributed by atoms with Gasteiger partial charge in [0.2, 0.25) is 0 Å². The molecular formula is C32H17F3N4. The fourth-order valence-electron chi connectivity index (χ4n) is 4.84. The van der Waals surface area contributed by atoms with Crippen molar-refractivity contribution in [3.05, 3.63) is 119 Å². The predicted octanol–water partition coefficient (Wildman–Crippen LogP) is 7.94. The van der Waals surface area contributed by atoms with Gasteiger partial charge in [0.25, 0.3) is 0 Å². The number of halogens is 3. The van der Waals surface area contributed by atoms with E-state index >= 15 is 0 Å². The maximum Gasteiger partial charge on any atom is 0.180 e. The molecule has 6 rings (SSSR count). The molecule has 2 N–H and O–H groups in total. The third-order valence-electron chi connectivity index (χ3n) is 6.81. The lowest BCUT2D eigenvalue weighted by molar-refractivity contribution is 0.494. The average Bonchev–Trinajstić information content (AvgIpc) is 2.97. The van der Waals surface area contributed by atoms with E-state index in [1.165, 1.54) is 6.07 Å². The van der Waals surface area contributed by atoms with Crippen LogP contribution in [0.5, 0.6) is 0 Å². The molecule has 4 aromatic carbocycles. The number of rotatable bonds is 3. The zero-order chi connectivity index (χ0) is 27.3. The third kappa shape index (κ3) is 3.90. The highest BCUT2D eigenvalue weighted by Gasteiger charge is 2.23. The zero-order valence-corrected chi connectivity index (χ0v) is 20.2. The second-order valence-corrected chi connectivity index (χ2v) is 9.07. The number of hydrogen-bond acceptors (Lipinski definition) is 4. The lowest BCUT2D eigenvalue weighted by Crippen LogP contribution is -2.17. The minimum Gasteiger partial charge on any atom is -0.299 e. The first-order valence-electron chi connectivity index (χ1n) is 11.9. The summed E-state index contributed by atoms with van der Waals surface area (Å²) in [5.41, 5.74) is 4.51. The number of aromatic nitrogens is 1. The van der Waals surface area contributed by atoms with Gasteiger partial charge < -0.3 is 0 Å². The summed E-state index contributed by atoms with van der Waals surface area (Å²) in [6.07, 6.45) is 3.43. The van der Waals surface area contributed by atoms with Crippen LogP contribution in [-0.4, -0.2) is 16.4 Å². The van der Waals surface area contributed by atoms with Crippen molar-refractivity contribution < 1.29 is 13.2 Å². The first kappa shape index (κ1) is 24.0. The minimum atomic E-state index is -1.51. The highest BCUT2D eigenvalue weighted by Crippen LogP contribution is 2.36. The molecule has 0 saturated carbocycles. The lowest BCUT2D eigenvalue weighted by Gasteiger charge is -2.19. The molecular weight excluding hydrogens is 497 g/mol.